The molecule has 1 aliphatic heterocycles. The molecule has 1 fully saturated rings. The SMILES string of the molecule is CCOC(=O)c1ccccc1NNC(=O)C1CCCN1C(=O)OC. The molecule has 1 aromatic rings. The van der Waals surface area contributed by atoms with Crippen molar-refractivity contribution in [3.8, 4) is 0 Å². The van der Waals surface area contributed by atoms with E-state index in [-0.39, 0.29) is 12.5 Å². The smallest absolute Gasteiger partial charge is 0.410 e. The van der Waals surface area contributed by atoms with Crippen molar-refractivity contribution >= 4 is 23.7 Å². The Kier molecular flexibility index (Phi) is 6.00. The van der Waals surface area contributed by atoms with E-state index < -0.39 is 18.1 Å². The molecule has 24 heavy (non-hydrogen) atoms. The first-order chi connectivity index (χ1) is 11.6. The van der Waals surface area contributed by atoms with Gasteiger partial charge in [0.25, 0.3) is 5.91 Å². The van der Waals surface area contributed by atoms with E-state index in [1.165, 1.54) is 12.0 Å². The normalized spacial score (nSPS) is 16.4. The van der Waals surface area contributed by atoms with Crippen LogP contribution in [-0.4, -0.2) is 49.2 Å². The van der Waals surface area contributed by atoms with Gasteiger partial charge in [-0.2, -0.15) is 0 Å². The number of esters is 1. The van der Waals surface area contributed by atoms with Crippen LogP contribution in [0.5, 0.6) is 0 Å². The number of para-hydroxylation sites is 1. The first-order valence-electron chi connectivity index (χ1n) is 7.75. The maximum absolute atomic E-state index is 12.3. The maximum Gasteiger partial charge on any atom is 0.410 e. The third-order valence-electron chi connectivity index (χ3n) is 3.71. The number of carbonyl (C=O) groups is 3. The molecule has 0 spiro atoms. The van der Waals surface area contributed by atoms with Crippen LogP contribution in [0.25, 0.3) is 0 Å². The summed E-state index contributed by atoms with van der Waals surface area (Å²) >= 11 is 0. The monoisotopic (exact) mass is 335 g/mol. The summed E-state index contributed by atoms with van der Waals surface area (Å²) in [6.45, 7) is 2.46. The second-order valence-corrected chi connectivity index (χ2v) is 5.20. The molecule has 8 heteroatoms. The van der Waals surface area contributed by atoms with Crippen LogP contribution < -0.4 is 10.9 Å². The van der Waals surface area contributed by atoms with Gasteiger partial charge in [0.05, 0.1) is 25.0 Å². The van der Waals surface area contributed by atoms with Crippen molar-refractivity contribution in [1.82, 2.24) is 10.3 Å². The van der Waals surface area contributed by atoms with Crippen LogP contribution >= 0.6 is 0 Å². The summed E-state index contributed by atoms with van der Waals surface area (Å²) in [7, 11) is 1.28. The van der Waals surface area contributed by atoms with Gasteiger partial charge < -0.3 is 9.47 Å². The molecule has 130 valence electrons. The van der Waals surface area contributed by atoms with Crippen LogP contribution in [-0.2, 0) is 14.3 Å². The van der Waals surface area contributed by atoms with Crippen LogP contribution in [0, 0.1) is 0 Å². The van der Waals surface area contributed by atoms with Crippen molar-refractivity contribution < 1.29 is 23.9 Å². The van der Waals surface area contributed by atoms with Crippen molar-refractivity contribution in [2.75, 3.05) is 25.7 Å². The van der Waals surface area contributed by atoms with Crippen molar-refractivity contribution in [3.63, 3.8) is 0 Å². The van der Waals surface area contributed by atoms with Crippen LogP contribution in [0.15, 0.2) is 24.3 Å². The first kappa shape index (κ1) is 17.6. The molecule has 1 atom stereocenters. The highest BCUT2D eigenvalue weighted by Crippen LogP contribution is 2.19. The summed E-state index contributed by atoms with van der Waals surface area (Å²) in [5.74, 6) is -0.844. The Morgan fingerprint density at radius 2 is 2.04 bits per heavy atom. The lowest BCUT2D eigenvalue weighted by Gasteiger charge is -2.23. The van der Waals surface area contributed by atoms with Crippen LogP contribution in [0.3, 0.4) is 0 Å². The number of methoxy groups -OCH3 is 1. The highest BCUT2D eigenvalue weighted by molar-refractivity contribution is 5.96. The lowest BCUT2D eigenvalue weighted by atomic mass is 10.2. The minimum absolute atomic E-state index is 0.260. The van der Waals surface area contributed by atoms with Crippen molar-refractivity contribution in [1.29, 1.82) is 0 Å². The fourth-order valence-corrected chi connectivity index (χ4v) is 2.57. The predicted molar refractivity (Wildman–Crippen MR) is 86.3 cm³/mol. The molecule has 1 aromatic carbocycles. The molecule has 2 amide bonds. The fourth-order valence-electron chi connectivity index (χ4n) is 2.57. The third-order valence-corrected chi connectivity index (χ3v) is 3.71. The number of ether oxygens (including phenoxy) is 2. The van der Waals surface area contributed by atoms with Crippen molar-refractivity contribution in [2.24, 2.45) is 0 Å². The summed E-state index contributed by atoms with van der Waals surface area (Å²) in [5, 5.41) is 0. The van der Waals surface area contributed by atoms with Crippen molar-refractivity contribution in [2.45, 2.75) is 25.8 Å². The average molecular weight is 335 g/mol. The Balaban J connectivity index is 2.02. The van der Waals surface area contributed by atoms with E-state index in [0.717, 1.165) is 6.42 Å². The number of rotatable bonds is 5. The van der Waals surface area contributed by atoms with E-state index in [4.69, 9.17) is 4.74 Å². The van der Waals surface area contributed by atoms with E-state index in [2.05, 4.69) is 15.6 Å². The van der Waals surface area contributed by atoms with E-state index >= 15 is 0 Å². The van der Waals surface area contributed by atoms with Gasteiger partial charge >= 0.3 is 12.1 Å². The molecule has 1 saturated heterocycles. The number of amides is 2. The van der Waals surface area contributed by atoms with E-state index in [0.29, 0.717) is 24.2 Å². The summed E-state index contributed by atoms with van der Waals surface area (Å²) in [4.78, 5) is 37.3. The van der Waals surface area contributed by atoms with Gasteiger partial charge in [0, 0.05) is 6.54 Å². The number of benzene rings is 1. The highest BCUT2D eigenvalue weighted by Gasteiger charge is 2.34. The summed E-state index contributed by atoms with van der Waals surface area (Å²) in [5.41, 5.74) is 6.01. The average Bonchev–Trinajstić information content (AvgIpc) is 3.09. The zero-order chi connectivity index (χ0) is 17.5. The van der Waals surface area contributed by atoms with Gasteiger partial charge in [0.15, 0.2) is 0 Å². The molecule has 0 saturated carbocycles. The van der Waals surface area contributed by atoms with Crippen molar-refractivity contribution in [3.05, 3.63) is 29.8 Å². The Hall–Kier alpha value is -2.77. The first-order valence-corrected chi connectivity index (χ1v) is 7.75. The second-order valence-electron chi connectivity index (χ2n) is 5.20. The van der Waals surface area contributed by atoms with Gasteiger partial charge in [-0.1, -0.05) is 12.1 Å². The second kappa shape index (κ2) is 8.19. The van der Waals surface area contributed by atoms with Crippen LogP contribution in [0.2, 0.25) is 0 Å². The molecular weight excluding hydrogens is 314 g/mol. The highest BCUT2D eigenvalue weighted by atomic mass is 16.5. The number of nitrogens with one attached hydrogen (secondary N) is 2. The van der Waals surface area contributed by atoms with Crippen LogP contribution in [0.4, 0.5) is 10.5 Å². The number of likely N-dealkylation sites (tertiary alicyclic amines) is 1. The largest absolute Gasteiger partial charge is 0.462 e. The number of anilines is 1. The number of hydrazine groups is 1. The van der Waals surface area contributed by atoms with E-state index in [9.17, 15) is 14.4 Å². The number of carbonyl (C=O) groups excluding carboxylic acids is 3. The third kappa shape index (κ3) is 3.95. The van der Waals surface area contributed by atoms with Gasteiger partial charge in [-0.15, -0.1) is 0 Å². The quantitative estimate of drug-likeness (QED) is 0.626. The number of nitrogens with zero attached hydrogens (tertiary/aromatic N) is 1. The summed E-state index contributed by atoms with van der Waals surface area (Å²) < 4.78 is 9.66. The zero-order valence-corrected chi connectivity index (χ0v) is 13.7. The van der Waals surface area contributed by atoms with Gasteiger partial charge in [-0.25, -0.2) is 9.59 Å². The number of hydrogen-bond acceptors (Lipinski definition) is 6. The van der Waals surface area contributed by atoms with Crippen LogP contribution in [0.1, 0.15) is 30.1 Å². The van der Waals surface area contributed by atoms with Gasteiger partial charge in [0.2, 0.25) is 0 Å². The molecule has 0 radical (unpaired) electrons. The molecule has 0 bridgehead atoms. The molecule has 0 aromatic heterocycles. The maximum atomic E-state index is 12.3. The Morgan fingerprint density at radius 3 is 2.75 bits per heavy atom. The molecule has 2 N–H and O–H groups in total. The predicted octanol–water partition coefficient (Wildman–Crippen LogP) is 1.54. The minimum Gasteiger partial charge on any atom is -0.462 e. The topological polar surface area (TPSA) is 97.0 Å². The standard InChI is InChI=1S/C16H21N3O5/c1-3-24-15(21)11-7-4-5-8-12(11)17-18-14(20)13-9-6-10-19(13)16(22)23-2/h4-5,7-8,13,17H,3,6,9-10H2,1-2H3,(H,18,20). The fraction of sp³-hybridized carbons (Fsp3) is 0.438. The molecular formula is C16H21N3O5. The number of hydrogen-bond donors (Lipinski definition) is 2. The van der Waals surface area contributed by atoms with Gasteiger partial charge in [0.1, 0.15) is 6.04 Å². The summed E-state index contributed by atoms with van der Waals surface area (Å²) in [6.07, 6.45) is 0.758. The molecule has 1 unspecified atom stereocenters. The van der Waals surface area contributed by atoms with Gasteiger partial charge in [-0.3, -0.25) is 20.5 Å². The molecule has 0 aliphatic carbocycles. The van der Waals surface area contributed by atoms with E-state index in [1.807, 2.05) is 0 Å². The van der Waals surface area contributed by atoms with E-state index in [1.54, 1.807) is 31.2 Å². The summed E-state index contributed by atoms with van der Waals surface area (Å²) in [6, 6.07) is 6.09. The molecule has 8 nitrogen and oxygen atoms in total. The molecule has 2 rings (SSSR count). The Bertz CT molecular complexity index is 619. The lowest BCUT2D eigenvalue weighted by Crippen LogP contribution is -2.47. The lowest BCUT2D eigenvalue weighted by molar-refractivity contribution is -0.124. The molecule has 1 aliphatic rings. The Morgan fingerprint density at radius 1 is 1.29 bits per heavy atom. The zero-order valence-electron chi connectivity index (χ0n) is 13.7. The molecule has 1 heterocycles. The minimum atomic E-state index is -0.597. The Labute approximate surface area is 140 Å². The van der Waals surface area contributed by atoms with Gasteiger partial charge in [-0.05, 0) is 31.9 Å².